The second kappa shape index (κ2) is 6.36. The van der Waals surface area contributed by atoms with Gasteiger partial charge in [-0.2, -0.15) is 5.10 Å². The fourth-order valence-electron chi connectivity index (χ4n) is 2.30. The van der Waals surface area contributed by atoms with Crippen molar-refractivity contribution in [1.82, 2.24) is 4.98 Å². The number of aryl methyl sites for hydroxylation is 1. The number of nitrogens with zero attached hydrogens (tertiary/aromatic N) is 2. The van der Waals surface area contributed by atoms with E-state index in [1.807, 2.05) is 31.2 Å². The Bertz CT molecular complexity index is 858. The van der Waals surface area contributed by atoms with Crippen molar-refractivity contribution in [3.8, 4) is 11.5 Å². The summed E-state index contributed by atoms with van der Waals surface area (Å²) in [5, 5.41) is 14.5. The molecule has 5 heteroatoms. The van der Waals surface area contributed by atoms with Gasteiger partial charge in [-0.3, -0.25) is 10.4 Å². The minimum absolute atomic E-state index is 0.236. The third kappa shape index (κ3) is 3.40. The molecular weight excluding hydrogens is 290 g/mol. The largest absolute Gasteiger partial charge is 0.508 e. The van der Waals surface area contributed by atoms with Crippen molar-refractivity contribution in [2.75, 3.05) is 12.5 Å². The van der Waals surface area contributed by atoms with Crippen LogP contribution < -0.4 is 10.2 Å². The van der Waals surface area contributed by atoms with Gasteiger partial charge in [-0.1, -0.05) is 0 Å². The third-order valence-corrected chi connectivity index (χ3v) is 3.44. The quantitative estimate of drug-likeness (QED) is 0.569. The summed E-state index contributed by atoms with van der Waals surface area (Å²) in [5.41, 5.74) is 6.58. The summed E-state index contributed by atoms with van der Waals surface area (Å²) in [5.74, 6) is 1.01. The zero-order valence-electron chi connectivity index (χ0n) is 12.9. The first kappa shape index (κ1) is 14.8. The summed E-state index contributed by atoms with van der Waals surface area (Å²) in [7, 11) is 1.64. The maximum atomic E-state index is 9.27. The Morgan fingerprint density at radius 2 is 1.91 bits per heavy atom. The van der Waals surface area contributed by atoms with Crippen LogP contribution in [0.2, 0.25) is 0 Å². The molecule has 0 aliphatic carbocycles. The standard InChI is InChI=1S/C18H17N3O2/c1-12-9-18(16-8-7-15(23-2)10-17(16)20-12)21-19-11-13-3-5-14(22)6-4-13/h3-11,22H,1-2H3,(H,20,21)/b19-11+. The number of anilines is 1. The van der Waals surface area contributed by atoms with Gasteiger partial charge < -0.3 is 9.84 Å². The topological polar surface area (TPSA) is 66.7 Å². The molecule has 0 atom stereocenters. The minimum Gasteiger partial charge on any atom is -0.508 e. The van der Waals surface area contributed by atoms with Crippen molar-refractivity contribution in [2.24, 2.45) is 5.10 Å². The van der Waals surface area contributed by atoms with E-state index in [0.717, 1.165) is 33.6 Å². The monoisotopic (exact) mass is 307 g/mol. The van der Waals surface area contributed by atoms with E-state index >= 15 is 0 Å². The van der Waals surface area contributed by atoms with Gasteiger partial charge in [0.15, 0.2) is 0 Å². The lowest BCUT2D eigenvalue weighted by Gasteiger charge is -2.08. The normalized spacial score (nSPS) is 11.0. The molecule has 116 valence electrons. The van der Waals surface area contributed by atoms with Crippen molar-refractivity contribution < 1.29 is 9.84 Å². The fourth-order valence-corrected chi connectivity index (χ4v) is 2.30. The summed E-state index contributed by atoms with van der Waals surface area (Å²) >= 11 is 0. The van der Waals surface area contributed by atoms with Crippen molar-refractivity contribution in [1.29, 1.82) is 0 Å². The molecule has 23 heavy (non-hydrogen) atoms. The first-order valence-corrected chi connectivity index (χ1v) is 7.19. The van der Waals surface area contributed by atoms with Gasteiger partial charge in [0.2, 0.25) is 0 Å². The molecule has 0 aliphatic rings. The van der Waals surface area contributed by atoms with E-state index in [0.29, 0.717) is 0 Å². The number of fused-ring (bicyclic) bond motifs is 1. The number of phenolic OH excluding ortho intramolecular Hbond substituents is 1. The molecule has 2 aromatic carbocycles. The van der Waals surface area contributed by atoms with E-state index < -0.39 is 0 Å². The Kier molecular flexibility index (Phi) is 4.10. The van der Waals surface area contributed by atoms with Gasteiger partial charge in [0.25, 0.3) is 0 Å². The average Bonchev–Trinajstić information content (AvgIpc) is 2.55. The van der Waals surface area contributed by atoms with E-state index in [4.69, 9.17) is 4.74 Å². The molecule has 0 saturated heterocycles. The van der Waals surface area contributed by atoms with Crippen LogP contribution in [-0.4, -0.2) is 23.4 Å². The van der Waals surface area contributed by atoms with Crippen LogP contribution in [-0.2, 0) is 0 Å². The van der Waals surface area contributed by atoms with Crippen molar-refractivity contribution >= 4 is 22.8 Å². The predicted molar refractivity (Wildman–Crippen MR) is 92.4 cm³/mol. The first-order chi connectivity index (χ1) is 11.2. The lowest BCUT2D eigenvalue weighted by atomic mass is 10.1. The highest BCUT2D eigenvalue weighted by Crippen LogP contribution is 2.26. The van der Waals surface area contributed by atoms with Crippen LogP contribution in [0.25, 0.3) is 10.9 Å². The molecular formula is C18H17N3O2. The van der Waals surface area contributed by atoms with Crippen LogP contribution in [0.3, 0.4) is 0 Å². The molecule has 0 spiro atoms. The van der Waals surface area contributed by atoms with E-state index in [1.165, 1.54) is 0 Å². The highest BCUT2D eigenvalue weighted by atomic mass is 16.5. The number of aromatic hydroxyl groups is 1. The van der Waals surface area contributed by atoms with Gasteiger partial charge >= 0.3 is 0 Å². The number of hydrogen-bond acceptors (Lipinski definition) is 5. The number of nitrogens with one attached hydrogen (secondary N) is 1. The molecule has 1 heterocycles. The van der Waals surface area contributed by atoms with Crippen molar-refractivity contribution in [2.45, 2.75) is 6.92 Å². The highest BCUT2D eigenvalue weighted by Gasteiger charge is 2.05. The van der Waals surface area contributed by atoms with Gasteiger partial charge in [-0.25, -0.2) is 0 Å². The third-order valence-electron chi connectivity index (χ3n) is 3.44. The SMILES string of the molecule is COc1ccc2c(N/N=C/c3ccc(O)cc3)cc(C)nc2c1. The van der Waals surface area contributed by atoms with Gasteiger partial charge in [0.1, 0.15) is 11.5 Å². The van der Waals surface area contributed by atoms with Gasteiger partial charge in [-0.05, 0) is 55.0 Å². The summed E-state index contributed by atoms with van der Waals surface area (Å²) < 4.78 is 5.24. The molecule has 0 unspecified atom stereocenters. The number of hydrazone groups is 1. The van der Waals surface area contributed by atoms with Crippen LogP contribution in [0.4, 0.5) is 5.69 Å². The summed E-state index contributed by atoms with van der Waals surface area (Å²) in [6.45, 7) is 1.94. The zero-order chi connectivity index (χ0) is 16.2. The van der Waals surface area contributed by atoms with Crippen LogP contribution in [0.15, 0.2) is 53.6 Å². The molecule has 0 radical (unpaired) electrons. The molecule has 3 aromatic rings. The molecule has 5 nitrogen and oxygen atoms in total. The summed E-state index contributed by atoms with van der Waals surface area (Å²) in [6, 6.07) is 14.5. The number of pyridine rings is 1. The zero-order valence-corrected chi connectivity index (χ0v) is 12.9. The molecule has 3 rings (SSSR count). The molecule has 1 aromatic heterocycles. The summed E-state index contributed by atoms with van der Waals surface area (Å²) in [6.07, 6.45) is 1.70. The average molecular weight is 307 g/mol. The van der Waals surface area contributed by atoms with E-state index in [2.05, 4.69) is 15.5 Å². The Hall–Kier alpha value is -3.08. The van der Waals surface area contributed by atoms with Crippen LogP contribution in [0, 0.1) is 6.92 Å². The minimum atomic E-state index is 0.236. The molecule has 0 amide bonds. The molecule has 0 saturated carbocycles. The van der Waals surface area contributed by atoms with Gasteiger partial charge in [-0.15, -0.1) is 0 Å². The lowest BCUT2D eigenvalue weighted by molar-refractivity contribution is 0.415. The van der Waals surface area contributed by atoms with Crippen LogP contribution in [0.5, 0.6) is 11.5 Å². The van der Waals surface area contributed by atoms with Crippen LogP contribution in [0.1, 0.15) is 11.3 Å². The van der Waals surface area contributed by atoms with E-state index in [9.17, 15) is 5.11 Å². The van der Waals surface area contributed by atoms with Gasteiger partial charge in [0, 0.05) is 17.1 Å². The van der Waals surface area contributed by atoms with Gasteiger partial charge in [0.05, 0.1) is 24.5 Å². The number of hydrogen-bond donors (Lipinski definition) is 2. The van der Waals surface area contributed by atoms with E-state index in [1.54, 1.807) is 37.6 Å². The molecule has 2 N–H and O–H groups in total. The van der Waals surface area contributed by atoms with Crippen molar-refractivity contribution in [3.05, 3.63) is 59.8 Å². The second-order valence-electron chi connectivity index (χ2n) is 5.16. The second-order valence-corrected chi connectivity index (χ2v) is 5.16. The summed E-state index contributed by atoms with van der Waals surface area (Å²) in [4.78, 5) is 4.52. The molecule has 0 aliphatic heterocycles. The number of methoxy groups -OCH3 is 1. The smallest absolute Gasteiger partial charge is 0.121 e. The molecule has 0 fully saturated rings. The highest BCUT2D eigenvalue weighted by molar-refractivity contribution is 5.92. The maximum absolute atomic E-state index is 9.27. The number of ether oxygens (including phenoxy) is 1. The van der Waals surface area contributed by atoms with E-state index in [-0.39, 0.29) is 5.75 Å². The Balaban J connectivity index is 1.88. The van der Waals surface area contributed by atoms with Crippen LogP contribution >= 0.6 is 0 Å². The lowest BCUT2D eigenvalue weighted by Crippen LogP contribution is -1.95. The Labute approximate surface area is 134 Å². The number of phenols is 1. The molecule has 0 bridgehead atoms. The number of benzene rings is 2. The fraction of sp³-hybridized carbons (Fsp3) is 0.111. The number of aromatic nitrogens is 1. The maximum Gasteiger partial charge on any atom is 0.121 e. The van der Waals surface area contributed by atoms with Crippen molar-refractivity contribution in [3.63, 3.8) is 0 Å². The number of rotatable bonds is 4. The Morgan fingerprint density at radius 1 is 1.13 bits per heavy atom. The predicted octanol–water partition coefficient (Wildman–Crippen LogP) is 3.70. The Morgan fingerprint density at radius 3 is 2.65 bits per heavy atom. The first-order valence-electron chi connectivity index (χ1n) is 7.19.